The van der Waals surface area contributed by atoms with Gasteiger partial charge in [-0.1, -0.05) is 31.6 Å². The molecule has 0 saturated carbocycles. The molecule has 2 rings (SSSR count). The van der Waals surface area contributed by atoms with Crippen LogP contribution < -0.4 is 11.1 Å². The molecule has 23 heavy (non-hydrogen) atoms. The summed E-state index contributed by atoms with van der Waals surface area (Å²) in [6.07, 6.45) is 9.67. The minimum Gasteiger partial charge on any atom is -0.370 e. The van der Waals surface area contributed by atoms with Crippen molar-refractivity contribution in [2.24, 2.45) is 0 Å². The molecule has 0 atom stereocenters. The summed E-state index contributed by atoms with van der Waals surface area (Å²) in [5.74, 6) is 1.29. The molecular weight excluding hydrogens is 286 g/mol. The smallest absolute Gasteiger partial charge is 0.222 e. The number of unbranched alkanes of at least 4 members (excludes halogenated alkanes) is 1. The molecule has 0 amide bonds. The lowest BCUT2D eigenvalue weighted by Crippen LogP contribution is -2.33. The number of nitrogens with zero attached hydrogens (tertiary/aromatic N) is 3. The fourth-order valence-corrected chi connectivity index (χ4v) is 2.87. The summed E-state index contributed by atoms with van der Waals surface area (Å²) < 4.78 is 0. The number of nitrogen functional groups attached to an aromatic ring is 1. The predicted octanol–water partition coefficient (Wildman–Crippen LogP) is 3.15. The average molecular weight is 315 g/mol. The predicted molar refractivity (Wildman–Crippen MR) is 97.4 cm³/mol. The van der Waals surface area contributed by atoms with Gasteiger partial charge in [-0.25, -0.2) is 4.98 Å². The number of hydrogen-bond donors (Lipinski definition) is 2. The molecule has 1 aliphatic heterocycles. The van der Waals surface area contributed by atoms with Crippen LogP contribution in [0.3, 0.4) is 0 Å². The van der Waals surface area contributed by atoms with Crippen LogP contribution in [0.5, 0.6) is 0 Å². The lowest BCUT2D eigenvalue weighted by atomic mass is 10.0. The van der Waals surface area contributed by atoms with Gasteiger partial charge in [-0.3, -0.25) is 4.90 Å². The second-order valence-electron chi connectivity index (χ2n) is 5.96. The van der Waals surface area contributed by atoms with Crippen LogP contribution in [0, 0.1) is 0 Å². The Kier molecular flexibility index (Phi) is 6.59. The Morgan fingerprint density at radius 3 is 2.87 bits per heavy atom. The normalized spacial score (nSPS) is 15.9. The minimum atomic E-state index is 0.374. The zero-order valence-electron chi connectivity index (χ0n) is 14.6. The average Bonchev–Trinajstić information content (AvgIpc) is 2.55. The quantitative estimate of drug-likeness (QED) is 0.597. The molecule has 5 nitrogen and oxygen atoms in total. The summed E-state index contributed by atoms with van der Waals surface area (Å²) in [6.45, 7) is 10.1. The van der Waals surface area contributed by atoms with Crippen molar-refractivity contribution >= 4 is 11.8 Å². The van der Waals surface area contributed by atoms with Gasteiger partial charge in [0.05, 0.1) is 5.69 Å². The second kappa shape index (κ2) is 8.67. The fourth-order valence-electron chi connectivity index (χ4n) is 2.87. The van der Waals surface area contributed by atoms with Crippen molar-refractivity contribution < 1.29 is 0 Å². The van der Waals surface area contributed by atoms with Gasteiger partial charge in [0.25, 0.3) is 0 Å². The third-order valence-electron chi connectivity index (χ3n) is 4.14. The Labute approximate surface area is 139 Å². The highest BCUT2D eigenvalue weighted by molar-refractivity contribution is 5.50. The highest BCUT2D eigenvalue weighted by Gasteiger charge is 2.22. The summed E-state index contributed by atoms with van der Waals surface area (Å²) in [5.41, 5.74) is 9.51. The van der Waals surface area contributed by atoms with E-state index in [2.05, 4.69) is 59.2 Å². The number of allylic oxidation sites excluding steroid dienone is 2. The molecule has 2 heterocycles. The maximum Gasteiger partial charge on any atom is 0.222 e. The van der Waals surface area contributed by atoms with Gasteiger partial charge in [-0.15, -0.1) is 0 Å². The van der Waals surface area contributed by atoms with Crippen LogP contribution >= 0.6 is 0 Å². The Bertz CT molecular complexity index is 577. The van der Waals surface area contributed by atoms with E-state index in [1.807, 2.05) is 0 Å². The van der Waals surface area contributed by atoms with Crippen LogP contribution in [0.4, 0.5) is 11.8 Å². The van der Waals surface area contributed by atoms with Crippen molar-refractivity contribution in [1.82, 2.24) is 14.9 Å². The number of aromatic nitrogens is 2. The van der Waals surface area contributed by atoms with Gasteiger partial charge in [0.2, 0.25) is 5.95 Å². The van der Waals surface area contributed by atoms with Gasteiger partial charge in [0, 0.05) is 38.2 Å². The summed E-state index contributed by atoms with van der Waals surface area (Å²) in [5, 5.41) is 3.44. The van der Waals surface area contributed by atoms with Crippen LogP contribution in [0.25, 0.3) is 0 Å². The zero-order chi connectivity index (χ0) is 16.7. The van der Waals surface area contributed by atoms with E-state index in [9.17, 15) is 0 Å². The van der Waals surface area contributed by atoms with E-state index >= 15 is 0 Å². The third kappa shape index (κ3) is 4.79. The maximum atomic E-state index is 5.87. The number of anilines is 2. The van der Waals surface area contributed by atoms with Crippen molar-refractivity contribution in [3.05, 3.63) is 35.1 Å². The fraction of sp³-hybridized carbons (Fsp3) is 0.556. The molecule has 0 radical (unpaired) electrons. The molecule has 5 heteroatoms. The first-order valence-corrected chi connectivity index (χ1v) is 8.57. The minimum absolute atomic E-state index is 0.374. The highest BCUT2D eigenvalue weighted by atomic mass is 15.2. The third-order valence-corrected chi connectivity index (χ3v) is 4.14. The second-order valence-corrected chi connectivity index (χ2v) is 5.96. The summed E-state index contributed by atoms with van der Waals surface area (Å²) >= 11 is 0. The number of rotatable bonds is 7. The van der Waals surface area contributed by atoms with Crippen LogP contribution in [-0.4, -0.2) is 34.5 Å². The van der Waals surface area contributed by atoms with Gasteiger partial charge >= 0.3 is 0 Å². The summed E-state index contributed by atoms with van der Waals surface area (Å²) in [6, 6.07) is 0. The maximum absolute atomic E-state index is 5.87. The molecule has 1 aromatic heterocycles. The molecule has 0 aromatic carbocycles. The van der Waals surface area contributed by atoms with Crippen LogP contribution in [0.15, 0.2) is 23.8 Å². The van der Waals surface area contributed by atoms with Crippen molar-refractivity contribution in [2.45, 2.75) is 46.6 Å². The summed E-state index contributed by atoms with van der Waals surface area (Å²) in [7, 11) is 0. The van der Waals surface area contributed by atoms with Crippen LogP contribution in [0.1, 0.15) is 44.9 Å². The van der Waals surface area contributed by atoms with Crippen molar-refractivity contribution in [3.8, 4) is 0 Å². The van der Waals surface area contributed by atoms with Gasteiger partial charge < -0.3 is 11.1 Å². The van der Waals surface area contributed by atoms with Gasteiger partial charge in [-0.05, 0) is 25.8 Å². The molecule has 0 unspecified atom stereocenters. The number of hydrogen-bond acceptors (Lipinski definition) is 5. The van der Waals surface area contributed by atoms with E-state index in [-0.39, 0.29) is 0 Å². The van der Waals surface area contributed by atoms with E-state index < -0.39 is 0 Å². The van der Waals surface area contributed by atoms with Crippen molar-refractivity contribution in [1.29, 1.82) is 0 Å². The van der Waals surface area contributed by atoms with Crippen molar-refractivity contribution in [3.63, 3.8) is 0 Å². The number of nitrogens with two attached hydrogens (primary N) is 1. The van der Waals surface area contributed by atoms with E-state index in [1.54, 1.807) is 0 Å². The van der Waals surface area contributed by atoms with Crippen LogP contribution in [-0.2, 0) is 13.0 Å². The molecule has 0 fully saturated rings. The van der Waals surface area contributed by atoms with Gasteiger partial charge in [-0.2, -0.15) is 4.98 Å². The standard InChI is InChI=1S/C18H29N5/c1-4-7-10-20-17-15-13-23(12-14(6-3)8-5-2)11-9-16(15)21-18(19)22-17/h5-6,8H,4,7,9-13H2,1-3H3,(H3,19,20,21,22). The molecule has 3 N–H and O–H groups in total. The first-order valence-electron chi connectivity index (χ1n) is 8.57. The van der Waals surface area contributed by atoms with Gasteiger partial charge in [0.15, 0.2) is 0 Å². The van der Waals surface area contributed by atoms with E-state index in [0.717, 1.165) is 57.0 Å². The lowest BCUT2D eigenvalue weighted by molar-refractivity contribution is 0.275. The van der Waals surface area contributed by atoms with E-state index in [4.69, 9.17) is 5.73 Å². The topological polar surface area (TPSA) is 67.1 Å². The Morgan fingerprint density at radius 1 is 1.35 bits per heavy atom. The largest absolute Gasteiger partial charge is 0.370 e. The number of fused-ring (bicyclic) bond motifs is 1. The van der Waals surface area contributed by atoms with E-state index in [0.29, 0.717) is 5.95 Å². The monoisotopic (exact) mass is 315 g/mol. The molecule has 0 bridgehead atoms. The SMILES string of the molecule is CC=CC(=CC)CN1CCc2nc(N)nc(NCCCC)c2C1. The van der Waals surface area contributed by atoms with Crippen LogP contribution in [0.2, 0.25) is 0 Å². The molecule has 0 spiro atoms. The molecule has 1 aromatic rings. The van der Waals surface area contributed by atoms with E-state index in [1.165, 1.54) is 11.1 Å². The Morgan fingerprint density at radius 2 is 2.17 bits per heavy atom. The molecule has 1 aliphatic rings. The number of nitrogens with one attached hydrogen (secondary N) is 1. The lowest BCUT2D eigenvalue weighted by Gasteiger charge is -2.29. The zero-order valence-corrected chi connectivity index (χ0v) is 14.6. The molecule has 0 aliphatic carbocycles. The highest BCUT2D eigenvalue weighted by Crippen LogP contribution is 2.25. The molecule has 126 valence electrons. The van der Waals surface area contributed by atoms with Crippen molar-refractivity contribution in [2.75, 3.05) is 30.7 Å². The molecule has 0 saturated heterocycles. The first kappa shape index (κ1) is 17.5. The first-order chi connectivity index (χ1) is 11.2. The summed E-state index contributed by atoms with van der Waals surface area (Å²) in [4.78, 5) is 11.3. The Hall–Kier alpha value is -1.88. The van der Waals surface area contributed by atoms with Gasteiger partial charge in [0.1, 0.15) is 5.82 Å². The molecular formula is C18H29N5. The Balaban J connectivity index is 2.14.